The van der Waals surface area contributed by atoms with Crippen molar-refractivity contribution in [1.82, 2.24) is 10.6 Å². The Labute approximate surface area is 190 Å². The molecule has 174 valence electrons. The molecule has 2 amide bonds. The number of phenolic OH excluding ortho intramolecular Hbond substituents is 4. The van der Waals surface area contributed by atoms with Crippen LogP contribution in [0.25, 0.3) is 12.2 Å². The summed E-state index contributed by atoms with van der Waals surface area (Å²) in [6.45, 7) is 0. The third-order valence-corrected chi connectivity index (χ3v) is 5.35. The number of aromatic hydroxyl groups is 4. The Morgan fingerprint density at radius 1 is 0.758 bits per heavy atom. The summed E-state index contributed by atoms with van der Waals surface area (Å²) in [7, 11) is 0. The number of carbonyl (C=O) groups is 2. The second kappa shape index (κ2) is 10.6. The predicted molar refractivity (Wildman–Crippen MR) is 121 cm³/mol. The van der Waals surface area contributed by atoms with Crippen molar-refractivity contribution in [2.45, 2.75) is 37.5 Å². The van der Waals surface area contributed by atoms with Crippen molar-refractivity contribution in [3.8, 4) is 23.0 Å². The van der Waals surface area contributed by atoms with Crippen molar-refractivity contribution in [3.63, 3.8) is 0 Å². The van der Waals surface area contributed by atoms with E-state index in [1.54, 1.807) is 0 Å². The number of benzene rings is 2. The average molecular weight is 454 g/mol. The molecule has 3 atom stereocenters. The molecule has 1 aliphatic carbocycles. The van der Waals surface area contributed by atoms with E-state index in [0.29, 0.717) is 30.4 Å². The van der Waals surface area contributed by atoms with Gasteiger partial charge in [0.15, 0.2) is 23.0 Å². The maximum Gasteiger partial charge on any atom is 0.244 e. The fraction of sp³-hybridized carbons (Fsp3) is 0.250. The van der Waals surface area contributed by atoms with Crippen LogP contribution in [0.2, 0.25) is 0 Å². The van der Waals surface area contributed by atoms with Gasteiger partial charge in [-0.05, 0) is 66.8 Å². The first-order valence-corrected chi connectivity index (χ1v) is 10.4. The van der Waals surface area contributed by atoms with E-state index in [-0.39, 0.29) is 23.0 Å². The Kier molecular flexibility index (Phi) is 7.57. The van der Waals surface area contributed by atoms with Gasteiger partial charge in [0.1, 0.15) is 0 Å². The van der Waals surface area contributed by atoms with Crippen LogP contribution in [0.5, 0.6) is 23.0 Å². The molecule has 1 aliphatic rings. The molecule has 2 aromatic carbocycles. The minimum Gasteiger partial charge on any atom is -0.504 e. The molecule has 0 bridgehead atoms. The molecule has 1 fully saturated rings. The zero-order valence-electron chi connectivity index (χ0n) is 17.7. The minimum absolute atomic E-state index is 0.261. The summed E-state index contributed by atoms with van der Waals surface area (Å²) in [5.41, 5.74) is 1.01. The zero-order chi connectivity index (χ0) is 24.0. The van der Waals surface area contributed by atoms with Crippen molar-refractivity contribution in [1.29, 1.82) is 0 Å². The number of aliphatic hydroxyl groups is 1. The molecule has 2 aromatic rings. The third kappa shape index (κ3) is 6.50. The van der Waals surface area contributed by atoms with Gasteiger partial charge < -0.3 is 36.2 Å². The van der Waals surface area contributed by atoms with Crippen LogP contribution in [-0.4, -0.2) is 55.5 Å². The lowest BCUT2D eigenvalue weighted by molar-refractivity contribution is -0.121. The van der Waals surface area contributed by atoms with Crippen LogP contribution in [-0.2, 0) is 9.59 Å². The Bertz CT molecular complexity index is 1080. The quantitative estimate of drug-likeness (QED) is 0.259. The van der Waals surface area contributed by atoms with Crippen LogP contribution >= 0.6 is 0 Å². The molecular weight excluding hydrogens is 428 g/mol. The summed E-state index contributed by atoms with van der Waals surface area (Å²) < 4.78 is 0. The SMILES string of the molecule is O=C(C=Cc1ccc(O)c(O)c1)NC1CCCC(O)C1NC(=O)C=Cc1ccc(O)c(O)c1. The van der Waals surface area contributed by atoms with Gasteiger partial charge in [0.05, 0.1) is 18.2 Å². The first-order valence-electron chi connectivity index (χ1n) is 10.4. The molecule has 3 rings (SSSR count). The highest BCUT2D eigenvalue weighted by atomic mass is 16.3. The summed E-state index contributed by atoms with van der Waals surface area (Å²) >= 11 is 0. The number of aliphatic hydroxyl groups excluding tert-OH is 1. The van der Waals surface area contributed by atoms with Gasteiger partial charge in [-0.2, -0.15) is 0 Å². The Morgan fingerprint density at radius 3 is 1.79 bits per heavy atom. The van der Waals surface area contributed by atoms with E-state index in [1.807, 2.05) is 0 Å². The van der Waals surface area contributed by atoms with E-state index >= 15 is 0 Å². The number of phenols is 4. The van der Waals surface area contributed by atoms with Gasteiger partial charge in [0.25, 0.3) is 0 Å². The van der Waals surface area contributed by atoms with Crippen LogP contribution in [0, 0.1) is 0 Å². The largest absolute Gasteiger partial charge is 0.504 e. The maximum atomic E-state index is 12.4. The van der Waals surface area contributed by atoms with Crippen LogP contribution in [0.1, 0.15) is 30.4 Å². The number of nitrogens with one attached hydrogen (secondary N) is 2. The number of rotatable bonds is 6. The number of hydrogen-bond donors (Lipinski definition) is 7. The van der Waals surface area contributed by atoms with E-state index in [1.165, 1.54) is 60.7 Å². The summed E-state index contributed by atoms with van der Waals surface area (Å²) in [6.07, 6.45) is 6.32. The molecule has 33 heavy (non-hydrogen) atoms. The van der Waals surface area contributed by atoms with Crippen LogP contribution < -0.4 is 10.6 Å². The monoisotopic (exact) mass is 454 g/mol. The number of carbonyl (C=O) groups excluding carboxylic acids is 2. The molecule has 0 heterocycles. The van der Waals surface area contributed by atoms with Crippen molar-refractivity contribution >= 4 is 24.0 Å². The Morgan fingerprint density at radius 2 is 1.27 bits per heavy atom. The second-order valence-electron chi connectivity index (χ2n) is 7.81. The highest BCUT2D eigenvalue weighted by Crippen LogP contribution is 2.26. The summed E-state index contributed by atoms with van der Waals surface area (Å²) in [4.78, 5) is 24.8. The number of amides is 2. The third-order valence-electron chi connectivity index (χ3n) is 5.35. The molecule has 1 saturated carbocycles. The van der Waals surface area contributed by atoms with Crippen LogP contribution in [0.15, 0.2) is 48.6 Å². The molecule has 3 unspecified atom stereocenters. The Hall–Kier alpha value is -3.98. The van der Waals surface area contributed by atoms with Gasteiger partial charge in [0, 0.05) is 12.2 Å². The van der Waals surface area contributed by atoms with Crippen molar-refractivity contribution < 1.29 is 35.1 Å². The van der Waals surface area contributed by atoms with Crippen LogP contribution in [0.4, 0.5) is 0 Å². The second-order valence-corrected chi connectivity index (χ2v) is 7.81. The summed E-state index contributed by atoms with van der Waals surface area (Å²) in [5.74, 6) is -2.05. The van der Waals surface area contributed by atoms with Gasteiger partial charge in [0.2, 0.25) is 11.8 Å². The molecule has 0 aliphatic heterocycles. The number of hydrogen-bond acceptors (Lipinski definition) is 7. The van der Waals surface area contributed by atoms with Crippen molar-refractivity contribution in [2.75, 3.05) is 0 Å². The molecular formula is C24H26N2O7. The average Bonchev–Trinajstić information content (AvgIpc) is 2.78. The molecule has 9 nitrogen and oxygen atoms in total. The lowest BCUT2D eigenvalue weighted by atomic mass is 9.87. The van der Waals surface area contributed by atoms with E-state index in [4.69, 9.17) is 0 Å². The lowest BCUT2D eigenvalue weighted by Crippen LogP contribution is -2.58. The highest BCUT2D eigenvalue weighted by molar-refractivity contribution is 5.93. The van der Waals surface area contributed by atoms with E-state index < -0.39 is 30.0 Å². The van der Waals surface area contributed by atoms with E-state index in [9.17, 15) is 35.1 Å². The van der Waals surface area contributed by atoms with E-state index in [0.717, 1.165) is 0 Å². The Balaban J connectivity index is 1.62. The fourth-order valence-electron chi connectivity index (χ4n) is 3.61. The van der Waals surface area contributed by atoms with Crippen molar-refractivity contribution in [3.05, 3.63) is 59.7 Å². The van der Waals surface area contributed by atoms with Gasteiger partial charge in [-0.1, -0.05) is 12.1 Å². The fourth-order valence-corrected chi connectivity index (χ4v) is 3.61. The van der Waals surface area contributed by atoms with Gasteiger partial charge in [-0.3, -0.25) is 9.59 Å². The molecule has 0 radical (unpaired) electrons. The van der Waals surface area contributed by atoms with Gasteiger partial charge in [-0.15, -0.1) is 0 Å². The smallest absolute Gasteiger partial charge is 0.244 e. The zero-order valence-corrected chi connectivity index (χ0v) is 17.7. The first-order chi connectivity index (χ1) is 15.7. The lowest BCUT2D eigenvalue weighted by Gasteiger charge is -2.36. The highest BCUT2D eigenvalue weighted by Gasteiger charge is 2.33. The molecule has 7 N–H and O–H groups in total. The minimum atomic E-state index is -0.836. The summed E-state index contributed by atoms with van der Waals surface area (Å²) in [6, 6.07) is 7.10. The standard InChI is InChI=1S/C24H26N2O7/c27-17-8-4-14(12-20(17)30)6-10-22(32)25-16-2-1-3-19(29)24(16)26-23(33)11-7-15-5-9-18(28)21(31)13-15/h4-13,16,19,24,27-31H,1-3H2,(H,25,32)(H,26,33). The normalized spacial score (nSPS) is 20.7. The predicted octanol–water partition coefficient (Wildman–Crippen LogP) is 1.75. The summed E-state index contributed by atoms with van der Waals surface area (Å²) in [5, 5.41) is 53.7. The molecule has 0 aromatic heterocycles. The van der Waals surface area contributed by atoms with Crippen molar-refractivity contribution in [2.24, 2.45) is 0 Å². The van der Waals surface area contributed by atoms with E-state index in [2.05, 4.69) is 10.6 Å². The first kappa shape index (κ1) is 23.7. The topological polar surface area (TPSA) is 159 Å². The molecule has 0 spiro atoms. The maximum absolute atomic E-state index is 12.4. The van der Waals surface area contributed by atoms with Gasteiger partial charge in [-0.25, -0.2) is 0 Å². The molecule has 0 saturated heterocycles. The molecule has 9 heteroatoms. The van der Waals surface area contributed by atoms with Gasteiger partial charge >= 0.3 is 0 Å². The van der Waals surface area contributed by atoms with Crippen LogP contribution in [0.3, 0.4) is 0 Å².